The Hall–Kier alpha value is -2.59. The zero-order chi connectivity index (χ0) is 28.5. The van der Waals surface area contributed by atoms with E-state index in [2.05, 4.69) is 62.3 Å². The zero-order valence-corrected chi connectivity index (χ0v) is 25.6. The van der Waals surface area contributed by atoms with Crippen LogP contribution in [0.3, 0.4) is 0 Å². The minimum atomic E-state index is -0.142. The zero-order valence-electron chi connectivity index (χ0n) is 24.8. The minimum Gasteiger partial charge on any atom is -0.508 e. The summed E-state index contributed by atoms with van der Waals surface area (Å²) in [5, 5.41) is 31.2. The molecule has 0 aliphatic heterocycles. The molecule has 3 aromatic carbocycles. The van der Waals surface area contributed by atoms with E-state index in [-0.39, 0.29) is 16.2 Å². The predicted molar refractivity (Wildman–Crippen MR) is 159 cm³/mol. The van der Waals surface area contributed by atoms with Crippen molar-refractivity contribution in [1.29, 1.82) is 0 Å². The number of rotatable bonds is 2. The molecule has 202 valence electrons. The number of aryl methyl sites for hydroxylation is 3. The second-order valence-electron chi connectivity index (χ2n) is 13.2. The van der Waals surface area contributed by atoms with Gasteiger partial charge in [-0.3, -0.25) is 0 Å². The van der Waals surface area contributed by atoms with Crippen molar-refractivity contribution in [2.45, 2.75) is 109 Å². The Kier molecular flexibility index (Phi) is 9.13. The SMILES string of the molecule is Cc1cc(Sc2cc(C)cc(C(C)(C)C)c2O)c(O)c(C(C)(C)C)c1.Cc1ccc(O)c(C(C)(C)C)c1. The molecule has 0 bridgehead atoms. The Morgan fingerprint density at radius 2 is 0.838 bits per heavy atom. The van der Waals surface area contributed by atoms with Crippen molar-refractivity contribution in [3.05, 3.63) is 75.8 Å². The Morgan fingerprint density at radius 1 is 0.486 bits per heavy atom. The third kappa shape index (κ3) is 7.95. The molecule has 0 amide bonds. The van der Waals surface area contributed by atoms with Crippen LogP contribution >= 0.6 is 11.8 Å². The molecule has 0 spiro atoms. The average Bonchev–Trinajstić information content (AvgIpc) is 2.72. The summed E-state index contributed by atoms with van der Waals surface area (Å²) in [7, 11) is 0. The number of benzene rings is 3. The van der Waals surface area contributed by atoms with Crippen LogP contribution < -0.4 is 0 Å². The molecule has 3 aromatic rings. The largest absolute Gasteiger partial charge is 0.508 e. The predicted octanol–water partition coefficient (Wildman–Crippen LogP) is 9.46. The highest BCUT2D eigenvalue weighted by molar-refractivity contribution is 7.99. The number of phenolic OH excluding ortho intramolecular Hbond substituents is 3. The smallest absolute Gasteiger partial charge is 0.133 e. The molecule has 0 fully saturated rings. The molecule has 37 heavy (non-hydrogen) atoms. The average molecular weight is 523 g/mol. The van der Waals surface area contributed by atoms with E-state index in [9.17, 15) is 15.3 Å². The molecule has 0 saturated carbocycles. The van der Waals surface area contributed by atoms with Crippen LogP contribution in [0, 0.1) is 20.8 Å². The highest BCUT2D eigenvalue weighted by atomic mass is 32.2. The number of phenols is 3. The highest BCUT2D eigenvalue weighted by Crippen LogP contribution is 2.46. The van der Waals surface area contributed by atoms with Gasteiger partial charge in [-0.05, 0) is 71.9 Å². The van der Waals surface area contributed by atoms with Crippen molar-refractivity contribution >= 4 is 11.8 Å². The minimum absolute atomic E-state index is 0.0239. The van der Waals surface area contributed by atoms with Gasteiger partial charge < -0.3 is 15.3 Å². The van der Waals surface area contributed by atoms with Crippen LogP contribution in [-0.2, 0) is 16.2 Å². The van der Waals surface area contributed by atoms with E-state index in [1.807, 2.05) is 57.2 Å². The molecule has 3 rings (SSSR count). The van der Waals surface area contributed by atoms with E-state index in [4.69, 9.17) is 0 Å². The van der Waals surface area contributed by atoms with Gasteiger partial charge in [-0.1, -0.05) is 104 Å². The summed E-state index contributed by atoms with van der Waals surface area (Å²) in [6.45, 7) is 25.0. The summed E-state index contributed by atoms with van der Waals surface area (Å²) in [5.74, 6) is 1.01. The topological polar surface area (TPSA) is 60.7 Å². The first-order valence-electron chi connectivity index (χ1n) is 12.9. The van der Waals surface area contributed by atoms with Gasteiger partial charge in [0.25, 0.3) is 0 Å². The van der Waals surface area contributed by atoms with Gasteiger partial charge >= 0.3 is 0 Å². The Balaban J connectivity index is 0.000000335. The maximum atomic E-state index is 10.8. The molecule has 4 heteroatoms. The van der Waals surface area contributed by atoms with E-state index >= 15 is 0 Å². The number of hydrogen-bond acceptors (Lipinski definition) is 4. The van der Waals surface area contributed by atoms with E-state index < -0.39 is 0 Å². The molecule has 3 nitrogen and oxygen atoms in total. The van der Waals surface area contributed by atoms with Gasteiger partial charge in [0.2, 0.25) is 0 Å². The van der Waals surface area contributed by atoms with Gasteiger partial charge in [-0.2, -0.15) is 0 Å². The Morgan fingerprint density at radius 3 is 1.16 bits per heavy atom. The van der Waals surface area contributed by atoms with Crippen molar-refractivity contribution in [2.24, 2.45) is 0 Å². The number of hydrogen-bond donors (Lipinski definition) is 3. The van der Waals surface area contributed by atoms with E-state index in [0.717, 1.165) is 37.6 Å². The molecule has 0 aliphatic rings. The highest BCUT2D eigenvalue weighted by Gasteiger charge is 2.24. The summed E-state index contributed by atoms with van der Waals surface area (Å²) in [5.41, 5.74) is 6.02. The number of aromatic hydroxyl groups is 3. The lowest BCUT2D eigenvalue weighted by molar-refractivity contribution is 0.432. The molecule has 3 N–H and O–H groups in total. The van der Waals surface area contributed by atoms with E-state index in [1.165, 1.54) is 17.3 Å². The summed E-state index contributed by atoms with van der Waals surface area (Å²) >= 11 is 1.43. The fraction of sp³-hybridized carbons (Fsp3) is 0.455. The first-order valence-corrected chi connectivity index (χ1v) is 13.7. The van der Waals surface area contributed by atoms with Crippen molar-refractivity contribution in [2.75, 3.05) is 0 Å². The third-order valence-electron chi connectivity index (χ3n) is 6.23. The molecule has 0 aliphatic carbocycles. The second kappa shape index (κ2) is 11.0. The normalized spacial score (nSPS) is 12.2. The lowest BCUT2D eigenvalue weighted by Gasteiger charge is -2.24. The molecule has 0 atom stereocenters. The quantitative estimate of drug-likeness (QED) is 0.314. The van der Waals surface area contributed by atoms with E-state index in [1.54, 1.807) is 6.07 Å². The van der Waals surface area contributed by atoms with Crippen LogP contribution in [0.1, 0.15) is 95.7 Å². The van der Waals surface area contributed by atoms with Crippen molar-refractivity contribution in [3.63, 3.8) is 0 Å². The fourth-order valence-corrected chi connectivity index (χ4v) is 5.30. The molecule has 0 unspecified atom stereocenters. The van der Waals surface area contributed by atoms with Gasteiger partial charge in [0.1, 0.15) is 17.2 Å². The van der Waals surface area contributed by atoms with E-state index in [0.29, 0.717) is 17.2 Å². The lowest BCUT2D eigenvalue weighted by Crippen LogP contribution is -2.12. The van der Waals surface area contributed by atoms with Crippen molar-refractivity contribution in [1.82, 2.24) is 0 Å². The van der Waals surface area contributed by atoms with Crippen LogP contribution in [0.5, 0.6) is 17.2 Å². The maximum absolute atomic E-state index is 10.8. The summed E-state index contributed by atoms with van der Waals surface area (Å²) in [6.07, 6.45) is 0. The maximum Gasteiger partial charge on any atom is 0.133 e. The van der Waals surface area contributed by atoms with Gasteiger partial charge in [-0.25, -0.2) is 0 Å². The van der Waals surface area contributed by atoms with Crippen LogP contribution in [0.15, 0.2) is 52.3 Å². The summed E-state index contributed by atoms with van der Waals surface area (Å²) < 4.78 is 0. The van der Waals surface area contributed by atoms with Crippen molar-refractivity contribution in [3.8, 4) is 17.2 Å². The standard InChI is InChI=1S/C22H30O2S.C11H16O/c1-13-9-15(21(3,4)5)19(23)17(11-13)25-18-12-14(2)10-16(20(18)24)22(6,7)8;1-8-5-6-10(12)9(7-8)11(2,3)4/h9-12,23-24H,1-8H3;5-7,12H,1-4H3. The molecular formula is C33H46O3S. The molecule has 0 saturated heterocycles. The fourth-order valence-electron chi connectivity index (χ4n) is 4.16. The first kappa shape index (κ1) is 30.6. The Bertz CT molecular complexity index is 1190. The molecule has 0 radical (unpaired) electrons. The van der Waals surface area contributed by atoms with Gasteiger partial charge in [0.05, 0.1) is 9.79 Å². The lowest BCUT2D eigenvalue weighted by atomic mass is 9.85. The molecule has 0 heterocycles. The van der Waals surface area contributed by atoms with Gasteiger partial charge in [0, 0.05) is 11.1 Å². The molecule has 0 aromatic heterocycles. The van der Waals surface area contributed by atoms with Gasteiger partial charge in [0.15, 0.2) is 0 Å². The van der Waals surface area contributed by atoms with Crippen LogP contribution in [0.25, 0.3) is 0 Å². The Labute approximate surface area is 229 Å². The van der Waals surface area contributed by atoms with Crippen LogP contribution in [-0.4, -0.2) is 15.3 Å². The summed E-state index contributed by atoms with van der Waals surface area (Å²) in [6, 6.07) is 13.8. The first-order chi connectivity index (χ1) is 16.7. The van der Waals surface area contributed by atoms with Crippen LogP contribution in [0.2, 0.25) is 0 Å². The third-order valence-corrected chi connectivity index (χ3v) is 7.30. The van der Waals surface area contributed by atoms with Gasteiger partial charge in [-0.15, -0.1) is 0 Å². The monoisotopic (exact) mass is 522 g/mol. The van der Waals surface area contributed by atoms with Crippen molar-refractivity contribution < 1.29 is 15.3 Å². The summed E-state index contributed by atoms with van der Waals surface area (Å²) in [4.78, 5) is 1.57. The van der Waals surface area contributed by atoms with Crippen LogP contribution in [0.4, 0.5) is 0 Å². The second-order valence-corrected chi connectivity index (χ2v) is 14.3. The molecular weight excluding hydrogens is 476 g/mol.